The van der Waals surface area contributed by atoms with Crippen LogP contribution in [0, 0.1) is 6.92 Å². The maximum atomic E-state index is 11.9. The molecule has 3 heteroatoms. The average Bonchev–Trinajstić information content (AvgIpc) is 2.39. The van der Waals surface area contributed by atoms with Crippen LogP contribution in [0.3, 0.4) is 0 Å². The summed E-state index contributed by atoms with van der Waals surface area (Å²) >= 11 is 0. The Hall–Kier alpha value is -1.90. The lowest BCUT2D eigenvalue weighted by atomic mass is 10.1. The molecule has 0 fully saturated rings. The van der Waals surface area contributed by atoms with E-state index in [4.69, 9.17) is 0 Å². The Morgan fingerprint density at radius 3 is 2.84 bits per heavy atom. The van der Waals surface area contributed by atoms with Gasteiger partial charge >= 0.3 is 0 Å². The minimum Gasteiger partial charge on any atom is -0.325 e. The van der Waals surface area contributed by atoms with Gasteiger partial charge in [-0.15, -0.1) is 0 Å². The van der Waals surface area contributed by atoms with E-state index >= 15 is 0 Å². The van der Waals surface area contributed by atoms with Crippen LogP contribution in [0.25, 0.3) is 10.9 Å². The summed E-state index contributed by atoms with van der Waals surface area (Å²) in [6.45, 7) is 4.10. The molecule has 0 bridgehead atoms. The summed E-state index contributed by atoms with van der Waals surface area (Å²) in [4.78, 5) is 16.3. The molecule has 1 aromatic carbocycles. The number of nitrogens with one attached hydrogen (secondary N) is 1. The molecule has 0 radical (unpaired) electrons. The third-order valence-corrected chi connectivity index (χ3v) is 3.15. The van der Waals surface area contributed by atoms with E-state index in [1.54, 1.807) is 0 Å². The van der Waals surface area contributed by atoms with Gasteiger partial charge in [0.25, 0.3) is 0 Å². The molecule has 100 valence electrons. The third-order valence-electron chi connectivity index (χ3n) is 3.15. The molecular weight excluding hydrogens is 236 g/mol. The Bertz CT molecular complexity index is 578. The lowest BCUT2D eigenvalue weighted by Crippen LogP contribution is -2.11. The largest absolute Gasteiger partial charge is 0.325 e. The fourth-order valence-electron chi connectivity index (χ4n) is 2.11. The summed E-state index contributed by atoms with van der Waals surface area (Å²) in [6, 6.07) is 9.80. The summed E-state index contributed by atoms with van der Waals surface area (Å²) in [5.41, 5.74) is 2.76. The number of hydrogen-bond acceptors (Lipinski definition) is 2. The SMILES string of the molecule is CCCCCC(=O)Nc1cccc2nc(C)ccc12. The Balaban J connectivity index is 2.14. The second-order valence-corrected chi connectivity index (χ2v) is 4.83. The number of anilines is 1. The summed E-state index contributed by atoms with van der Waals surface area (Å²) in [7, 11) is 0. The Labute approximate surface area is 114 Å². The summed E-state index contributed by atoms with van der Waals surface area (Å²) in [5.74, 6) is 0.0847. The fraction of sp³-hybridized carbons (Fsp3) is 0.375. The van der Waals surface area contributed by atoms with Crippen molar-refractivity contribution in [3.8, 4) is 0 Å². The van der Waals surface area contributed by atoms with E-state index < -0.39 is 0 Å². The molecule has 0 aliphatic rings. The molecular formula is C16H20N2O. The molecule has 2 rings (SSSR count). The molecule has 0 unspecified atom stereocenters. The number of amides is 1. The zero-order valence-electron chi connectivity index (χ0n) is 11.6. The Morgan fingerprint density at radius 2 is 2.05 bits per heavy atom. The average molecular weight is 256 g/mol. The van der Waals surface area contributed by atoms with Crippen LogP contribution in [0.15, 0.2) is 30.3 Å². The third kappa shape index (κ3) is 3.53. The van der Waals surface area contributed by atoms with Crippen LogP contribution in [0.4, 0.5) is 5.69 Å². The quantitative estimate of drug-likeness (QED) is 0.820. The van der Waals surface area contributed by atoms with Crippen LogP contribution in [0.2, 0.25) is 0 Å². The number of fused-ring (bicyclic) bond motifs is 1. The van der Waals surface area contributed by atoms with Crippen molar-refractivity contribution in [1.29, 1.82) is 0 Å². The van der Waals surface area contributed by atoms with E-state index in [1.807, 2.05) is 37.3 Å². The molecule has 1 N–H and O–H groups in total. The topological polar surface area (TPSA) is 42.0 Å². The van der Waals surface area contributed by atoms with Gasteiger partial charge < -0.3 is 5.32 Å². The molecule has 0 saturated carbocycles. The smallest absolute Gasteiger partial charge is 0.224 e. The first kappa shape index (κ1) is 13.5. The van der Waals surface area contributed by atoms with E-state index in [0.29, 0.717) is 6.42 Å². The van der Waals surface area contributed by atoms with Gasteiger partial charge in [0.05, 0.1) is 11.2 Å². The molecule has 2 aromatic rings. The number of nitrogens with zero attached hydrogens (tertiary/aromatic N) is 1. The zero-order chi connectivity index (χ0) is 13.7. The van der Waals surface area contributed by atoms with Gasteiger partial charge in [0.2, 0.25) is 5.91 Å². The molecule has 1 amide bonds. The maximum Gasteiger partial charge on any atom is 0.224 e. The van der Waals surface area contributed by atoms with Crippen molar-refractivity contribution in [3.05, 3.63) is 36.0 Å². The first-order chi connectivity index (χ1) is 9.20. The van der Waals surface area contributed by atoms with E-state index in [2.05, 4.69) is 17.2 Å². The highest BCUT2D eigenvalue weighted by molar-refractivity contribution is 6.00. The van der Waals surface area contributed by atoms with Crippen molar-refractivity contribution in [2.75, 3.05) is 5.32 Å². The highest BCUT2D eigenvalue weighted by atomic mass is 16.1. The number of aryl methyl sites for hydroxylation is 1. The first-order valence-electron chi connectivity index (χ1n) is 6.87. The fourth-order valence-corrected chi connectivity index (χ4v) is 2.11. The second-order valence-electron chi connectivity index (χ2n) is 4.83. The molecule has 0 aliphatic carbocycles. The van der Waals surface area contributed by atoms with Crippen LogP contribution >= 0.6 is 0 Å². The monoisotopic (exact) mass is 256 g/mol. The summed E-state index contributed by atoms with van der Waals surface area (Å²) in [5, 5.41) is 3.98. The van der Waals surface area contributed by atoms with Crippen LogP contribution in [0.1, 0.15) is 38.3 Å². The van der Waals surface area contributed by atoms with Gasteiger partial charge in [0.1, 0.15) is 0 Å². The number of carbonyl (C=O) groups excluding carboxylic acids is 1. The van der Waals surface area contributed by atoms with Crippen LogP contribution in [0.5, 0.6) is 0 Å². The summed E-state index contributed by atoms with van der Waals surface area (Å²) < 4.78 is 0. The molecule has 0 spiro atoms. The van der Waals surface area contributed by atoms with Crippen LogP contribution < -0.4 is 5.32 Å². The van der Waals surface area contributed by atoms with Crippen molar-refractivity contribution in [2.24, 2.45) is 0 Å². The Kier molecular flexibility index (Phi) is 4.50. The van der Waals surface area contributed by atoms with Crippen molar-refractivity contribution >= 4 is 22.5 Å². The molecule has 0 aliphatic heterocycles. The maximum absolute atomic E-state index is 11.9. The highest BCUT2D eigenvalue weighted by Gasteiger charge is 2.06. The van der Waals surface area contributed by atoms with Crippen molar-refractivity contribution in [2.45, 2.75) is 39.5 Å². The zero-order valence-corrected chi connectivity index (χ0v) is 11.6. The van der Waals surface area contributed by atoms with E-state index in [-0.39, 0.29) is 5.91 Å². The minimum absolute atomic E-state index is 0.0847. The van der Waals surface area contributed by atoms with Gasteiger partial charge in [-0.1, -0.05) is 25.8 Å². The van der Waals surface area contributed by atoms with Crippen LogP contribution in [-0.4, -0.2) is 10.9 Å². The number of rotatable bonds is 5. The number of carbonyl (C=O) groups is 1. The molecule has 1 aromatic heterocycles. The molecule has 19 heavy (non-hydrogen) atoms. The number of unbranched alkanes of at least 4 members (excludes halogenated alkanes) is 2. The van der Waals surface area contributed by atoms with E-state index in [0.717, 1.165) is 41.5 Å². The normalized spacial score (nSPS) is 10.6. The lowest BCUT2D eigenvalue weighted by molar-refractivity contribution is -0.116. The highest BCUT2D eigenvalue weighted by Crippen LogP contribution is 2.22. The van der Waals surface area contributed by atoms with E-state index in [1.165, 1.54) is 0 Å². The first-order valence-corrected chi connectivity index (χ1v) is 6.87. The van der Waals surface area contributed by atoms with Gasteiger partial charge in [-0.25, -0.2) is 0 Å². The van der Waals surface area contributed by atoms with Gasteiger partial charge in [-0.3, -0.25) is 9.78 Å². The molecule has 0 atom stereocenters. The standard InChI is InChI=1S/C16H20N2O/c1-3-4-5-9-16(19)18-15-8-6-7-14-13(15)11-10-12(2)17-14/h6-8,10-11H,3-5,9H2,1-2H3,(H,18,19). The number of pyridine rings is 1. The van der Waals surface area contributed by atoms with Crippen molar-refractivity contribution in [1.82, 2.24) is 4.98 Å². The number of benzene rings is 1. The predicted molar refractivity (Wildman–Crippen MR) is 79.3 cm³/mol. The number of hydrogen-bond donors (Lipinski definition) is 1. The minimum atomic E-state index is 0.0847. The van der Waals surface area contributed by atoms with Crippen LogP contribution in [-0.2, 0) is 4.79 Å². The molecule has 1 heterocycles. The summed E-state index contributed by atoms with van der Waals surface area (Å²) in [6.07, 6.45) is 3.77. The predicted octanol–water partition coefficient (Wildman–Crippen LogP) is 4.06. The van der Waals surface area contributed by atoms with Gasteiger partial charge in [-0.2, -0.15) is 0 Å². The van der Waals surface area contributed by atoms with Crippen molar-refractivity contribution in [3.63, 3.8) is 0 Å². The van der Waals surface area contributed by atoms with Gasteiger partial charge in [-0.05, 0) is 37.6 Å². The number of aromatic nitrogens is 1. The van der Waals surface area contributed by atoms with Gasteiger partial charge in [0.15, 0.2) is 0 Å². The second kappa shape index (κ2) is 6.32. The lowest BCUT2D eigenvalue weighted by Gasteiger charge is -2.08. The Morgan fingerprint density at radius 1 is 1.21 bits per heavy atom. The van der Waals surface area contributed by atoms with Crippen molar-refractivity contribution < 1.29 is 4.79 Å². The molecule has 0 saturated heterocycles. The van der Waals surface area contributed by atoms with E-state index in [9.17, 15) is 4.79 Å². The molecule has 3 nitrogen and oxygen atoms in total. The van der Waals surface area contributed by atoms with Gasteiger partial charge in [0, 0.05) is 17.5 Å².